The maximum atomic E-state index is 10.4. The van der Waals surface area contributed by atoms with E-state index in [1.165, 1.54) is 6.92 Å². The summed E-state index contributed by atoms with van der Waals surface area (Å²) in [5.41, 5.74) is 0. The van der Waals surface area contributed by atoms with Gasteiger partial charge in [-0.1, -0.05) is 0 Å². The Balaban J connectivity index is 3.93. The van der Waals surface area contributed by atoms with Gasteiger partial charge in [0.1, 0.15) is 0 Å². The fraction of sp³-hybridized carbons (Fsp3) is 0.800. The first-order valence-corrected chi connectivity index (χ1v) is 4.83. The third-order valence-electron chi connectivity index (χ3n) is 0.654. The Morgan fingerprint density at radius 1 is 1.55 bits per heavy atom. The van der Waals surface area contributed by atoms with Crippen molar-refractivity contribution in [3.05, 3.63) is 0 Å². The van der Waals surface area contributed by atoms with Crippen LogP contribution in [0.4, 0.5) is 0 Å². The minimum atomic E-state index is -3.51. The Hall–Kier alpha value is -0.780. The maximum absolute atomic E-state index is 10.4. The third kappa shape index (κ3) is 7.11. The lowest BCUT2D eigenvalue weighted by atomic mass is 10.7. The van der Waals surface area contributed by atoms with Gasteiger partial charge in [0.25, 0.3) is 0 Å². The highest BCUT2D eigenvalue weighted by atomic mass is 32.2. The highest BCUT2D eigenvalue weighted by molar-refractivity contribution is 7.85. The van der Waals surface area contributed by atoms with E-state index in [1.54, 1.807) is 6.92 Å². The lowest BCUT2D eigenvalue weighted by molar-refractivity contribution is 0.279. The van der Waals surface area contributed by atoms with Crippen LogP contribution in [-0.4, -0.2) is 27.2 Å². The summed E-state index contributed by atoms with van der Waals surface area (Å²) in [6, 6.07) is 0. The van der Waals surface area contributed by atoms with Gasteiger partial charge < -0.3 is 4.74 Å². The lowest BCUT2D eigenvalue weighted by Crippen LogP contribution is -2.03. The molecule has 0 aromatic rings. The van der Waals surface area contributed by atoms with Gasteiger partial charge >= 0.3 is 10.1 Å². The Bertz CT molecular complexity index is 231. The van der Waals surface area contributed by atoms with Crippen molar-refractivity contribution in [2.75, 3.05) is 12.9 Å². The topological polar surface area (TPSA) is 65.0 Å². The Morgan fingerprint density at radius 3 is 2.45 bits per heavy atom. The second kappa shape index (κ2) is 4.17. The second-order valence-electron chi connectivity index (χ2n) is 1.82. The second-order valence-corrected chi connectivity index (χ2v) is 3.38. The molecule has 0 rings (SSSR count). The zero-order chi connectivity index (χ0) is 8.91. The molecule has 0 spiro atoms. The zero-order valence-corrected chi connectivity index (χ0v) is 7.51. The van der Waals surface area contributed by atoms with Gasteiger partial charge in [0.2, 0.25) is 5.90 Å². The van der Waals surface area contributed by atoms with E-state index in [0.717, 1.165) is 6.26 Å². The molecule has 0 saturated heterocycles. The summed E-state index contributed by atoms with van der Waals surface area (Å²) in [7, 11) is -3.51. The molecule has 66 valence electrons. The van der Waals surface area contributed by atoms with Crippen LogP contribution in [0, 0.1) is 0 Å². The Labute approximate surface area is 66.1 Å². The van der Waals surface area contributed by atoms with Gasteiger partial charge in [0.15, 0.2) is 0 Å². The van der Waals surface area contributed by atoms with Crippen LogP contribution in [0.1, 0.15) is 13.8 Å². The first-order valence-electron chi connectivity index (χ1n) is 3.01. The molecule has 0 N–H and O–H groups in total. The van der Waals surface area contributed by atoms with Gasteiger partial charge in [-0.3, -0.25) is 4.28 Å². The number of nitrogens with zero attached hydrogens (tertiary/aromatic N) is 1. The number of hydrogen-bond acceptors (Lipinski definition) is 5. The molecule has 0 saturated carbocycles. The molecule has 0 aliphatic carbocycles. The molecule has 0 heterocycles. The summed E-state index contributed by atoms with van der Waals surface area (Å²) in [5, 5.41) is 3.19. The van der Waals surface area contributed by atoms with Crippen LogP contribution in [0.15, 0.2) is 5.16 Å². The number of hydrogen-bond donors (Lipinski definition) is 0. The first-order chi connectivity index (χ1) is 4.95. The van der Waals surface area contributed by atoms with Crippen LogP contribution in [0.3, 0.4) is 0 Å². The van der Waals surface area contributed by atoms with E-state index < -0.39 is 10.1 Å². The smallest absolute Gasteiger partial charge is 0.325 e. The summed E-state index contributed by atoms with van der Waals surface area (Å²) in [4.78, 5) is 0. The van der Waals surface area contributed by atoms with Gasteiger partial charge in [-0.05, 0) is 12.1 Å². The molecule has 0 atom stereocenters. The molecule has 0 aromatic carbocycles. The van der Waals surface area contributed by atoms with Crippen molar-refractivity contribution >= 4 is 16.0 Å². The van der Waals surface area contributed by atoms with Gasteiger partial charge in [-0.25, -0.2) is 0 Å². The van der Waals surface area contributed by atoms with E-state index in [1.807, 2.05) is 0 Å². The molecular formula is C5H11NO4S. The van der Waals surface area contributed by atoms with Gasteiger partial charge in [0.05, 0.1) is 12.9 Å². The molecule has 11 heavy (non-hydrogen) atoms. The molecular weight excluding hydrogens is 170 g/mol. The van der Waals surface area contributed by atoms with Crippen LogP contribution in [0.2, 0.25) is 0 Å². The molecule has 0 bridgehead atoms. The summed E-state index contributed by atoms with van der Waals surface area (Å²) < 4.78 is 29.6. The number of ether oxygens (including phenoxy) is 1. The van der Waals surface area contributed by atoms with Crippen molar-refractivity contribution in [2.24, 2.45) is 5.16 Å². The number of oxime groups is 1. The zero-order valence-electron chi connectivity index (χ0n) is 6.70. The predicted molar refractivity (Wildman–Crippen MR) is 40.7 cm³/mol. The summed E-state index contributed by atoms with van der Waals surface area (Å²) in [6.07, 6.45) is 0.912. The molecule has 0 aromatic heterocycles. The Morgan fingerprint density at radius 2 is 2.09 bits per heavy atom. The third-order valence-corrected chi connectivity index (χ3v) is 1.000. The van der Waals surface area contributed by atoms with Crippen LogP contribution in [0.25, 0.3) is 0 Å². The fourth-order valence-electron chi connectivity index (χ4n) is 0.355. The lowest BCUT2D eigenvalue weighted by Gasteiger charge is -1.99. The first kappa shape index (κ1) is 10.2. The fourth-order valence-corrected chi connectivity index (χ4v) is 0.596. The average molecular weight is 181 g/mol. The van der Waals surface area contributed by atoms with Crippen LogP contribution in [0.5, 0.6) is 0 Å². The van der Waals surface area contributed by atoms with Gasteiger partial charge in [-0.2, -0.15) is 8.42 Å². The molecule has 0 aliphatic heterocycles. The highest BCUT2D eigenvalue weighted by Crippen LogP contribution is 1.89. The highest BCUT2D eigenvalue weighted by Gasteiger charge is 1.99. The van der Waals surface area contributed by atoms with Gasteiger partial charge in [0, 0.05) is 6.92 Å². The SMILES string of the molecule is CCO/C(C)=N/OS(C)(=O)=O. The molecule has 0 radical (unpaired) electrons. The summed E-state index contributed by atoms with van der Waals surface area (Å²) in [6.45, 7) is 3.70. The van der Waals surface area contributed by atoms with Crippen LogP contribution in [-0.2, 0) is 19.1 Å². The van der Waals surface area contributed by atoms with E-state index in [9.17, 15) is 8.42 Å². The monoisotopic (exact) mass is 181 g/mol. The van der Waals surface area contributed by atoms with E-state index >= 15 is 0 Å². The van der Waals surface area contributed by atoms with Crippen molar-refractivity contribution in [1.29, 1.82) is 0 Å². The van der Waals surface area contributed by atoms with Crippen molar-refractivity contribution < 1.29 is 17.4 Å². The van der Waals surface area contributed by atoms with Crippen molar-refractivity contribution in [3.8, 4) is 0 Å². The minimum Gasteiger partial charge on any atom is -0.479 e. The van der Waals surface area contributed by atoms with Crippen molar-refractivity contribution in [1.82, 2.24) is 0 Å². The van der Waals surface area contributed by atoms with E-state index in [2.05, 4.69) is 9.44 Å². The number of rotatable bonds is 3. The van der Waals surface area contributed by atoms with Crippen LogP contribution >= 0.6 is 0 Å². The van der Waals surface area contributed by atoms with E-state index in [4.69, 9.17) is 4.74 Å². The van der Waals surface area contributed by atoms with Gasteiger partial charge in [-0.15, -0.1) is 0 Å². The molecule has 0 aliphatic rings. The molecule has 0 amide bonds. The molecule has 6 heteroatoms. The molecule has 0 unspecified atom stereocenters. The van der Waals surface area contributed by atoms with E-state index in [-0.39, 0.29) is 5.90 Å². The summed E-state index contributed by atoms with van der Waals surface area (Å²) in [5.74, 6) is 0.193. The van der Waals surface area contributed by atoms with E-state index in [0.29, 0.717) is 6.61 Å². The minimum absolute atomic E-state index is 0.193. The Kier molecular flexibility index (Phi) is 3.88. The molecule has 0 fully saturated rings. The van der Waals surface area contributed by atoms with Crippen LogP contribution < -0.4 is 0 Å². The quantitative estimate of drug-likeness (QED) is 0.357. The maximum Gasteiger partial charge on any atom is 0.325 e. The largest absolute Gasteiger partial charge is 0.479 e. The molecule has 5 nitrogen and oxygen atoms in total. The van der Waals surface area contributed by atoms with Crippen molar-refractivity contribution in [3.63, 3.8) is 0 Å². The summed E-state index contributed by atoms with van der Waals surface area (Å²) >= 11 is 0. The average Bonchev–Trinajstić information content (AvgIpc) is 1.83. The predicted octanol–water partition coefficient (Wildman–Crippen LogP) is 0.333. The normalized spacial score (nSPS) is 12.8. The standard InChI is InChI=1S/C5H11NO4S/c1-4-9-5(2)6-10-11(3,7)8/h4H2,1-3H3/b6-5+. The van der Waals surface area contributed by atoms with Crippen molar-refractivity contribution in [2.45, 2.75) is 13.8 Å².